The van der Waals surface area contributed by atoms with Gasteiger partial charge in [-0.1, -0.05) is 23.2 Å². The van der Waals surface area contributed by atoms with Gasteiger partial charge in [-0.2, -0.15) is 0 Å². The lowest BCUT2D eigenvalue weighted by molar-refractivity contribution is -0.124. The molecule has 0 spiro atoms. The Kier molecular flexibility index (Phi) is 4.70. The lowest BCUT2D eigenvalue weighted by Crippen LogP contribution is -2.48. The van der Waals surface area contributed by atoms with E-state index < -0.39 is 15.4 Å². The first kappa shape index (κ1) is 16.4. The van der Waals surface area contributed by atoms with E-state index in [-0.39, 0.29) is 24.0 Å². The Morgan fingerprint density at radius 2 is 2.14 bits per heavy atom. The van der Waals surface area contributed by atoms with Crippen LogP contribution in [0, 0.1) is 0 Å². The van der Waals surface area contributed by atoms with Crippen molar-refractivity contribution >= 4 is 38.9 Å². The summed E-state index contributed by atoms with van der Waals surface area (Å²) in [6, 6.07) is 4.69. The van der Waals surface area contributed by atoms with Crippen molar-refractivity contribution in [1.29, 1.82) is 0 Å². The Labute approximate surface area is 133 Å². The first-order valence-corrected chi connectivity index (χ1v) is 8.86. The van der Waals surface area contributed by atoms with Crippen LogP contribution in [0.3, 0.4) is 0 Å². The van der Waals surface area contributed by atoms with Crippen molar-refractivity contribution in [1.82, 2.24) is 5.32 Å². The molecule has 1 aliphatic heterocycles. The smallest absolute Gasteiger partial charge is 0.258 e. The zero-order valence-electron chi connectivity index (χ0n) is 11.4. The highest BCUT2D eigenvalue weighted by Gasteiger charge is 2.39. The van der Waals surface area contributed by atoms with Gasteiger partial charge in [-0.05, 0) is 31.5 Å². The molecule has 1 fully saturated rings. The first-order valence-electron chi connectivity index (χ1n) is 6.28. The van der Waals surface area contributed by atoms with Gasteiger partial charge >= 0.3 is 0 Å². The number of sulfone groups is 1. The van der Waals surface area contributed by atoms with Crippen molar-refractivity contribution in [3.05, 3.63) is 28.2 Å². The molecule has 0 unspecified atom stereocenters. The lowest BCUT2D eigenvalue weighted by Gasteiger charge is -2.23. The molecule has 0 saturated carbocycles. The summed E-state index contributed by atoms with van der Waals surface area (Å²) in [4.78, 5) is 11.9. The maximum atomic E-state index is 11.9. The summed E-state index contributed by atoms with van der Waals surface area (Å²) in [6.07, 6.45) is 0.406. The molecule has 1 aromatic carbocycles. The molecule has 1 amide bonds. The van der Waals surface area contributed by atoms with E-state index in [9.17, 15) is 13.2 Å². The van der Waals surface area contributed by atoms with Crippen molar-refractivity contribution in [2.24, 2.45) is 0 Å². The predicted octanol–water partition coefficient (Wildman–Crippen LogP) is 2.07. The number of carbonyl (C=O) groups is 1. The molecule has 1 aromatic rings. The Morgan fingerprint density at radius 3 is 2.71 bits per heavy atom. The number of hydrogen-bond acceptors (Lipinski definition) is 4. The molecule has 0 aliphatic carbocycles. The van der Waals surface area contributed by atoms with Gasteiger partial charge in [0.15, 0.2) is 16.4 Å². The monoisotopic (exact) mass is 351 g/mol. The Bertz CT molecular complexity index is 662. The molecule has 1 N–H and O–H groups in total. The molecule has 1 aliphatic rings. The van der Waals surface area contributed by atoms with Gasteiger partial charge in [0.1, 0.15) is 5.75 Å². The van der Waals surface area contributed by atoms with E-state index in [4.69, 9.17) is 27.9 Å². The number of amides is 1. The van der Waals surface area contributed by atoms with Crippen LogP contribution in [0.5, 0.6) is 5.75 Å². The molecular weight excluding hydrogens is 337 g/mol. The minimum Gasteiger partial charge on any atom is -0.482 e. The number of nitrogens with one attached hydrogen (secondary N) is 1. The zero-order chi connectivity index (χ0) is 15.7. The van der Waals surface area contributed by atoms with Gasteiger partial charge in [-0.15, -0.1) is 0 Å². The molecule has 21 heavy (non-hydrogen) atoms. The maximum Gasteiger partial charge on any atom is 0.258 e. The van der Waals surface area contributed by atoms with Crippen LogP contribution >= 0.6 is 23.2 Å². The van der Waals surface area contributed by atoms with Crippen LogP contribution < -0.4 is 10.1 Å². The molecule has 8 heteroatoms. The van der Waals surface area contributed by atoms with Crippen LogP contribution in [-0.2, 0) is 14.6 Å². The van der Waals surface area contributed by atoms with E-state index in [1.165, 1.54) is 6.07 Å². The molecule has 1 saturated heterocycles. The van der Waals surface area contributed by atoms with E-state index in [0.717, 1.165) is 0 Å². The highest BCUT2D eigenvalue weighted by Crippen LogP contribution is 2.27. The van der Waals surface area contributed by atoms with Crippen LogP contribution in [0.15, 0.2) is 18.2 Å². The highest BCUT2D eigenvalue weighted by molar-refractivity contribution is 7.91. The molecule has 116 valence electrons. The summed E-state index contributed by atoms with van der Waals surface area (Å²) in [5, 5.41) is 3.48. The fraction of sp³-hybridized carbons (Fsp3) is 0.462. The second-order valence-electron chi connectivity index (χ2n) is 5.31. The van der Waals surface area contributed by atoms with Crippen LogP contribution in [0.2, 0.25) is 10.0 Å². The standard InChI is InChI=1S/C13H15Cl2NO4S/c1-13(4-5-21(18,19)8-13)16-12(17)7-20-11-3-2-9(14)6-10(11)15/h2-3,6H,4-5,7-8H2,1H3,(H,16,17)/t13-/m0/s1. The highest BCUT2D eigenvalue weighted by atomic mass is 35.5. The van der Waals surface area contributed by atoms with Gasteiger partial charge in [0.05, 0.1) is 22.1 Å². The number of ether oxygens (including phenoxy) is 1. The normalized spacial score (nSPS) is 23.8. The van der Waals surface area contributed by atoms with Crippen LogP contribution in [0.25, 0.3) is 0 Å². The van der Waals surface area contributed by atoms with Gasteiger partial charge < -0.3 is 10.1 Å². The average molecular weight is 352 g/mol. The molecule has 1 heterocycles. The van der Waals surface area contributed by atoms with Crippen molar-refractivity contribution in [2.45, 2.75) is 18.9 Å². The molecule has 5 nitrogen and oxygen atoms in total. The first-order chi connectivity index (χ1) is 9.69. The Hall–Kier alpha value is -0.980. The summed E-state index contributed by atoms with van der Waals surface area (Å²) in [6.45, 7) is 1.47. The zero-order valence-corrected chi connectivity index (χ0v) is 13.7. The fourth-order valence-corrected chi connectivity index (χ4v) is 4.77. The summed E-state index contributed by atoms with van der Waals surface area (Å²) >= 11 is 11.7. The topological polar surface area (TPSA) is 72.5 Å². The van der Waals surface area contributed by atoms with Gasteiger partial charge in [0, 0.05) is 5.02 Å². The molecule has 2 rings (SSSR count). The van der Waals surface area contributed by atoms with Crippen LogP contribution in [-0.4, -0.2) is 38.0 Å². The molecule has 0 radical (unpaired) electrons. The molecular formula is C13H15Cl2NO4S. The van der Waals surface area contributed by atoms with E-state index >= 15 is 0 Å². The van der Waals surface area contributed by atoms with E-state index in [0.29, 0.717) is 22.2 Å². The molecule has 0 aromatic heterocycles. The summed E-state index contributed by atoms with van der Waals surface area (Å²) in [5.74, 6) is 0.00204. The van der Waals surface area contributed by atoms with Gasteiger partial charge in [0.25, 0.3) is 5.91 Å². The van der Waals surface area contributed by atoms with Gasteiger partial charge in [-0.3, -0.25) is 4.79 Å². The van der Waals surface area contributed by atoms with Crippen molar-refractivity contribution in [2.75, 3.05) is 18.1 Å². The van der Waals surface area contributed by atoms with E-state index in [1.807, 2.05) is 0 Å². The number of rotatable bonds is 4. The third-order valence-electron chi connectivity index (χ3n) is 3.20. The number of halogens is 2. The van der Waals surface area contributed by atoms with Crippen LogP contribution in [0.4, 0.5) is 0 Å². The third kappa shape index (κ3) is 4.49. The quantitative estimate of drug-likeness (QED) is 0.900. The average Bonchev–Trinajstić information content (AvgIpc) is 2.62. The van der Waals surface area contributed by atoms with Crippen molar-refractivity contribution < 1.29 is 17.9 Å². The second kappa shape index (κ2) is 6.02. The summed E-state index contributed by atoms with van der Waals surface area (Å²) in [7, 11) is -3.07. The van der Waals surface area contributed by atoms with Crippen molar-refractivity contribution in [3.8, 4) is 5.75 Å². The van der Waals surface area contributed by atoms with Gasteiger partial charge in [0.2, 0.25) is 0 Å². The Balaban J connectivity index is 1.91. The van der Waals surface area contributed by atoms with Crippen molar-refractivity contribution in [3.63, 3.8) is 0 Å². The minimum absolute atomic E-state index is 0.0482. The maximum absolute atomic E-state index is 11.9. The number of benzene rings is 1. The minimum atomic E-state index is -3.07. The Morgan fingerprint density at radius 1 is 1.43 bits per heavy atom. The SMILES string of the molecule is C[C@]1(NC(=O)COc2ccc(Cl)cc2Cl)CCS(=O)(=O)C1. The largest absolute Gasteiger partial charge is 0.482 e. The number of carbonyl (C=O) groups excluding carboxylic acids is 1. The van der Waals surface area contributed by atoms with Gasteiger partial charge in [-0.25, -0.2) is 8.42 Å². The summed E-state index contributed by atoms with van der Waals surface area (Å²) in [5.41, 5.74) is -0.733. The molecule has 0 bridgehead atoms. The van der Waals surface area contributed by atoms with E-state index in [2.05, 4.69) is 5.32 Å². The fourth-order valence-electron chi connectivity index (χ4n) is 2.22. The third-order valence-corrected chi connectivity index (χ3v) is 5.63. The lowest BCUT2D eigenvalue weighted by atomic mass is 10.0. The number of hydrogen-bond donors (Lipinski definition) is 1. The van der Waals surface area contributed by atoms with Crippen LogP contribution in [0.1, 0.15) is 13.3 Å². The predicted molar refractivity (Wildman–Crippen MR) is 81.8 cm³/mol. The summed E-state index contributed by atoms with van der Waals surface area (Å²) < 4.78 is 28.3. The second-order valence-corrected chi connectivity index (χ2v) is 8.34. The van der Waals surface area contributed by atoms with E-state index in [1.54, 1.807) is 19.1 Å². The molecule has 1 atom stereocenters.